The molecule has 0 unspecified atom stereocenters. The van der Waals surface area contributed by atoms with Crippen molar-refractivity contribution < 1.29 is 54.8 Å². The topological polar surface area (TPSA) is 213 Å². The first-order valence-electron chi connectivity index (χ1n) is 2.87. The average Bonchev–Trinajstić information content (AvgIpc) is 1.82. The van der Waals surface area contributed by atoms with Crippen LogP contribution in [0.5, 0.6) is 0 Å². The summed E-state index contributed by atoms with van der Waals surface area (Å²) in [6.07, 6.45) is 0. The molecule has 16 heteroatoms. The van der Waals surface area contributed by atoms with Crippen molar-refractivity contribution in [3.63, 3.8) is 0 Å². The Morgan fingerprint density at radius 3 is 1.06 bits per heavy atom. The molecule has 2 heterocycles. The molecule has 2 aliphatic rings. The molecule has 0 aromatic rings. The van der Waals surface area contributed by atoms with E-state index in [0.29, 0.717) is 0 Å². The van der Waals surface area contributed by atoms with Crippen LogP contribution in [0.4, 0.5) is 0 Å². The molecule has 11 nitrogen and oxygen atoms in total. The first-order valence-corrected chi connectivity index (χ1v) is 2.87. The van der Waals surface area contributed by atoms with Gasteiger partial charge in [-0.25, -0.2) is 0 Å². The molecule has 2 bridgehead atoms. The van der Waals surface area contributed by atoms with Gasteiger partial charge in [0, 0.05) is 0 Å². The van der Waals surface area contributed by atoms with Crippen LogP contribution in [0.1, 0.15) is 0 Å². The van der Waals surface area contributed by atoms with E-state index < -0.39 is 29.3 Å². The molecule has 0 radical (unpaired) electrons. The molecule has 0 aromatic heterocycles. The molecular weight excluding hydrogens is 226 g/mol. The van der Waals surface area contributed by atoms with E-state index in [1.54, 1.807) is 0 Å². The van der Waals surface area contributed by atoms with Crippen LogP contribution in [0.25, 0.3) is 0 Å². The Hall–Kier alpha value is 0.417. The van der Waals surface area contributed by atoms with Gasteiger partial charge < -0.3 is 54.8 Å². The van der Waals surface area contributed by atoms with Gasteiger partial charge in [0.15, 0.2) is 0 Å². The molecule has 0 spiro atoms. The zero-order chi connectivity index (χ0) is 7.84. The van der Waals surface area contributed by atoms with Gasteiger partial charge in [0.25, 0.3) is 0 Å². The molecule has 2 aliphatic heterocycles. The second-order valence-corrected chi connectivity index (χ2v) is 1.87. The Bertz CT molecular complexity index is 123. The average molecular weight is 237 g/mol. The first-order chi connectivity index (χ1) is 5.24. The van der Waals surface area contributed by atoms with Gasteiger partial charge in [-0.3, -0.25) is 0 Å². The van der Waals surface area contributed by atoms with Crippen molar-refractivity contribution in [1.29, 1.82) is 0 Å². The van der Waals surface area contributed by atoms with Gasteiger partial charge in [0.05, 0.1) is 0 Å². The molecule has 2 rings (SSSR count). The fraction of sp³-hybridized carbons (Fsp3) is 0. The Morgan fingerprint density at radius 2 is 0.812 bits per heavy atom. The van der Waals surface area contributed by atoms with Crippen molar-refractivity contribution in [3.8, 4) is 0 Å². The normalized spacial score (nSPS) is 16.9. The Morgan fingerprint density at radius 1 is 0.562 bits per heavy atom. The van der Waals surface area contributed by atoms with Gasteiger partial charge in [-0.15, -0.1) is 0 Å². The molecule has 10 N–H and O–H groups in total. The van der Waals surface area contributed by atoms with Crippen LogP contribution in [-0.2, 0) is 22.9 Å². The summed E-state index contributed by atoms with van der Waals surface area (Å²) in [6, 6.07) is 0. The molecule has 0 aliphatic carbocycles. The molecule has 0 saturated carbocycles. The summed E-state index contributed by atoms with van der Waals surface area (Å²) >= 11 is 0. The molecular formula is H11B4LiO11. The van der Waals surface area contributed by atoms with E-state index in [2.05, 4.69) is 22.9 Å². The van der Waals surface area contributed by atoms with Gasteiger partial charge in [-0.05, 0) is 0 Å². The van der Waals surface area contributed by atoms with Crippen molar-refractivity contribution in [2.45, 2.75) is 0 Å². The maximum atomic E-state index is 8.74. The van der Waals surface area contributed by atoms with Crippen molar-refractivity contribution >= 4 is 48.1 Å². The molecule has 90 valence electrons. The third-order valence-electron chi connectivity index (χ3n) is 1.13. The number of rotatable bonds is 0. The summed E-state index contributed by atoms with van der Waals surface area (Å²) in [7, 11) is -5.20. The number of hydrogen-bond acceptors (Lipinski definition) is 7. The Balaban J connectivity index is -0.000000144. The molecule has 2 fully saturated rings. The van der Waals surface area contributed by atoms with Crippen LogP contribution >= 0.6 is 0 Å². The van der Waals surface area contributed by atoms with Crippen LogP contribution in [0, 0.1) is 0 Å². The quantitative estimate of drug-likeness (QED) is 0.387. The molecule has 0 aromatic carbocycles. The van der Waals surface area contributed by atoms with Gasteiger partial charge >= 0.3 is 48.1 Å². The predicted molar refractivity (Wildman–Crippen MR) is 54.5 cm³/mol. The summed E-state index contributed by atoms with van der Waals surface area (Å²) in [5.41, 5.74) is 0. The summed E-state index contributed by atoms with van der Waals surface area (Å²) in [4.78, 5) is 0. The number of fused-ring (bicyclic) bond motifs is 2. The van der Waals surface area contributed by atoms with Crippen LogP contribution < -0.4 is 0 Å². The summed E-state index contributed by atoms with van der Waals surface area (Å²) in [5.74, 6) is 0. The third-order valence-corrected chi connectivity index (χ3v) is 1.13. The second-order valence-electron chi connectivity index (χ2n) is 1.87. The fourth-order valence-corrected chi connectivity index (χ4v) is 0.728. The van der Waals surface area contributed by atoms with Crippen LogP contribution in [0.15, 0.2) is 0 Å². The molecule has 16 heavy (non-hydrogen) atoms. The first kappa shape index (κ1) is 25.3. The van der Waals surface area contributed by atoms with Crippen molar-refractivity contribution in [3.05, 3.63) is 0 Å². The minimum atomic E-state index is -1.45. The minimum absolute atomic E-state index is 0. The third kappa shape index (κ3) is 6.23. The van der Waals surface area contributed by atoms with E-state index in [-0.39, 0.29) is 40.8 Å². The van der Waals surface area contributed by atoms with Crippen molar-refractivity contribution in [2.24, 2.45) is 0 Å². The maximum absolute atomic E-state index is 8.74. The molecule has 0 amide bonds. The monoisotopic (exact) mass is 238 g/mol. The Labute approximate surface area is 103 Å². The van der Waals surface area contributed by atoms with E-state index in [1.165, 1.54) is 0 Å². The molecule has 2 saturated heterocycles. The van der Waals surface area contributed by atoms with Crippen molar-refractivity contribution in [2.75, 3.05) is 0 Å². The zero-order valence-corrected chi connectivity index (χ0v) is 7.25. The standard InChI is InChI=1S/B4H2O7.Li.4H2O.H/c5-1-7-3-9-2(6)10-4(8-1)11-3;;;;;;/h5-6H;;4*1H2;. The van der Waals surface area contributed by atoms with E-state index in [0.717, 1.165) is 0 Å². The summed E-state index contributed by atoms with van der Waals surface area (Å²) < 4.78 is 22.6. The fourth-order valence-electron chi connectivity index (χ4n) is 0.728. The van der Waals surface area contributed by atoms with Gasteiger partial charge in [0.1, 0.15) is 0 Å². The van der Waals surface area contributed by atoms with Crippen LogP contribution in [0.3, 0.4) is 0 Å². The molecule has 0 atom stereocenters. The van der Waals surface area contributed by atoms with Crippen molar-refractivity contribution in [1.82, 2.24) is 0 Å². The Kier molecular flexibility index (Phi) is 16.7. The van der Waals surface area contributed by atoms with E-state index >= 15 is 0 Å². The van der Waals surface area contributed by atoms with Crippen LogP contribution in [-0.4, -0.2) is 80.1 Å². The summed E-state index contributed by atoms with van der Waals surface area (Å²) in [6.45, 7) is 0. The predicted octanol–water partition coefficient (Wildman–Crippen LogP) is -6.93. The zero-order valence-electron chi connectivity index (χ0n) is 7.25. The van der Waals surface area contributed by atoms with Gasteiger partial charge in [-0.2, -0.15) is 0 Å². The van der Waals surface area contributed by atoms with Gasteiger partial charge in [-0.1, -0.05) is 0 Å². The number of hydrogen-bond donors (Lipinski definition) is 2. The van der Waals surface area contributed by atoms with Gasteiger partial charge in [0.2, 0.25) is 0 Å². The SMILES string of the molecule is O.O.O.O.OB1OB2OB(O)OB(O1)O2.[LiH]. The summed E-state index contributed by atoms with van der Waals surface area (Å²) in [5, 5.41) is 17.5. The van der Waals surface area contributed by atoms with Crippen LogP contribution in [0.2, 0.25) is 0 Å². The van der Waals surface area contributed by atoms with E-state index in [9.17, 15) is 0 Å². The van der Waals surface area contributed by atoms with E-state index in [4.69, 9.17) is 10.0 Å². The second kappa shape index (κ2) is 10.6. The van der Waals surface area contributed by atoms with E-state index in [1.807, 2.05) is 0 Å².